The van der Waals surface area contributed by atoms with Crippen LogP contribution in [0.3, 0.4) is 0 Å². The molecule has 8 heteroatoms. The molecule has 26 heavy (non-hydrogen) atoms. The van der Waals surface area contributed by atoms with Crippen molar-refractivity contribution < 1.29 is 4.79 Å². The molecule has 0 spiro atoms. The Labute approximate surface area is 166 Å². The van der Waals surface area contributed by atoms with Crippen LogP contribution in [0.1, 0.15) is 26.5 Å². The van der Waals surface area contributed by atoms with Crippen LogP contribution >= 0.6 is 35.0 Å². The van der Waals surface area contributed by atoms with Crippen molar-refractivity contribution in [1.29, 1.82) is 0 Å². The first-order valence-electron chi connectivity index (χ1n) is 8.15. The zero-order chi connectivity index (χ0) is 19.1. The number of thioether (sulfide) groups is 1. The number of fused-ring (bicyclic) bond motifs is 1. The summed E-state index contributed by atoms with van der Waals surface area (Å²) in [7, 11) is 0. The second kappa shape index (κ2) is 7.25. The van der Waals surface area contributed by atoms with E-state index in [4.69, 9.17) is 23.2 Å². The highest BCUT2D eigenvalue weighted by Gasteiger charge is 2.28. The lowest BCUT2D eigenvalue weighted by atomic mass is 9.92. The lowest BCUT2D eigenvalue weighted by Gasteiger charge is -2.26. The molecule has 1 aromatic carbocycles. The Morgan fingerprint density at radius 2 is 1.88 bits per heavy atom. The normalized spacial score (nSPS) is 16.9. The van der Waals surface area contributed by atoms with E-state index in [0.717, 1.165) is 5.69 Å². The van der Waals surface area contributed by atoms with Crippen LogP contribution in [0, 0.1) is 5.92 Å². The van der Waals surface area contributed by atoms with Crippen molar-refractivity contribution in [2.45, 2.75) is 37.9 Å². The van der Waals surface area contributed by atoms with Gasteiger partial charge in [0.1, 0.15) is 0 Å². The number of anilines is 1. The number of carbonyl (C=O) groups excluding carboxylic acids is 1. The number of nitrogens with one attached hydrogen (secondary N) is 1. The molecule has 138 valence electrons. The largest absolute Gasteiger partial charge is 0.326 e. The lowest BCUT2D eigenvalue weighted by Crippen LogP contribution is -2.37. The molecule has 0 radical (unpaired) electrons. The van der Waals surface area contributed by atoms with Gasteiger partial charge in [-0.05, 0) is 18.2 Å². The minimum Gasteiger partial charge on any atom is -0.326 e. The quantitative estimate of drug-likeness (QED) is 0.751. The van der Waals surface area contributed by atoms with Crippen LogP contribution in [-0.4, -0.2) is 21.2 Å². The number of hydrogen-bond acceptors (Lipinski definition) is 4. The molecule has 1 aromatic heterocycles. The standard InChI is InChI=1S/C18H19Cl2N3O2S/c1-18(2,3)14-7-15(24)23-8-10(9-26-17(23)22-14)16(25)21-13-5-11(19)4-12(20)6-13/h4-7,10H,8-9H2,1-3H3,(H,21,25). The molecule has 0 saturated heterocycles. The van der Waals surface area contributed by atoms with Crippen LogP contribution in [-0.2, 0) is 16.8 Å². The first kappa shape index (κ1) is 19.3. The summed E-state index contributed by atoms with van der Waals surface area (Å²) in [4.78, 5) is 29.7. The first-order chi connectivity index (χ1) is 12.1. The molecule has 3 rings (SSSR count). The van der Waals surface area contributed by atoms with E-state index in [1.165, 1.54) is 11.8 Å². The van der Waals surface area contributed by atoms with Gasteiger partial charge in [0.25, 0.3) is 5.56 Å². The van der Waals surface area contributed by atoms with Crippen LogP contribution < -0.4 is 10.9 Å². The zero-order valence-electron chi connectivity index (χ0n) is 14.7. The summed E-state index contributed by atoms with van der Waals surface area (Å²) in [5.41, 5.74) is 0.973. The van der Waals surface area contributed by atoms with Gasteiger partial charge in [-0.25, -0.2) is 4.98 Å². The minimum absolute atomic E-state index is 0.129. The number of benzene rings is 1. The fourth-order valence-corrected chi connectivity index (χ4v) is 4.24. The van der Waals surface area contributed by atoms with Gasteiger partial charge >= 0.3 is 0 Å². The fourth-order valence-electron chi connectivity index (χ4n) is 2.62. The van der Waals surface area contributed by atoms with E-state index in [9.17, 15) is 9.59 Å². The van der Waals surface area contributed by atoms with Crippen molar-refractivity contribution in [3.05, 3.63) is 50.4 Å². The van der Waals surface area contributed by atoms with Crippen LogP contribution in [0.25, 0.3) is 0 Å². The second-order valence-electron chi connectivity index (χ2n) is 7.28. The number of halogens is 2. The van der Waals surface area contributed by atoms with E-state index in [-0.39, 0.29) is 22.8 Å². The van der Waals surface area contributed by atoms with E-state index in [1.54, 1.807) is 28.8 Å². The maximum atomic E-state index is 12.6. The Hall–Kier alpha value is -1.50. The summed E-state index contributed by atoms with van der Waals surface area (Å²) in [6, 6.07) is 6.43. The summed E-state index contributed by atoms with van der Waals surface area (Å²) >= 11 is 13.4. The molecular weight excluding hydrogens is 393 g/mol. The number of rotatable bonds is 2. The Balaban J connectivity index is 1.80. The third kappa shape index (κ3) is 4.24. The summed E-state index contributed by atoms with van der Waals surface area (Å²) in [5.74, 6) is 0.0405. The highest BCUT2D eigenvalue weighted by atomic mass is 35.5. The SMILES string of the molecule is CC(C)(C)c1cc(=O)n2c(n1)SCC(C(=O)Nc1cc(Cl)cc(Cl)c1)C2. The molecule has 0 saturated carbocycles. The Kier molecular flexibility index (Phi) is 5.37. The Morgan fingerprint density at radius 1 is 1.23 bits per heavy atom. The number of amides is 1. The van der Waals surface area contributed by atoms with E-state index < -0.39 is 0 Å². The molecule has 0 bridgehead atoms. The predicted octanol–water partition coefficient (Wildman–Crippen LogP) is 4.21. The van der Waals surface area contributed by atoms with Crippen LogP contribution in [0.15, 0.2) is 34.2 Å². The third-order valence-electron chi connectivity index (χ3n) is 4.06. The van der Waals surface area contributed by atoms with Gasteiger partial charge in [0, 0.05) is 39.5 Å². The lowest BCUT2D eigenvalue weighted by molar-refractivity contribution is -0.119. The highest BCUT2D eigenvalue weighted by Crippen LogP contribution is 2.29. The fraction of sp³-hybridized carbons (Fsp3) is 0.389. The van der Waals surface area contributed by atoms with Crippen molar-refractivity contribution in [1.82, 2.24) is 9.55 Å². The Bertz CT molecular complexity index is 901. The molecule has 2 aromatic rings. The van der Waals surface area contributed by atoms with E-state index in [1.807, 2.05) is 20.8 Å². The molecule has 1 atom stereocenters. The monoisotopic (exact) mass is 411 g/mol. The number of nitrogens with zero attached hydrogens (tertiary/aromatic N) is 2. The number of carbonyl (C=O) groups is 1. The van der Waals surface area contributed by atoms with Crippen molar-refractivity contribution in [2.24, 2.45) is 5.92 Å². The molecule has 1 aliphatic heterocycles. The topological polar surface area (TPSA) is 64.0 Å². The molecule has 2 heterocycles. The highest BCUT2D eigenvalue weighted by molar-refractivity contribution is 7.99. The number of hydrogen-bond donors (Lipinski definition) is 1. The maximum Gasteiger partial charge on any atom is 0.254 e. The third-order valence-corrected chi connectivity index (χ3v) is 5.63. The van der Waals surface area contributed by atoms with Crippen LogP contribution in [0.4, 0.5) is 5.69 Å². The summed E-state index contributed by atoms with van der Waals surface area (Å²) in [5, 5.41) is 4.39. The smallest absolute Gasteiger partial charge is 0.254 e. The Morgan fingerprint density at radius 3 is 2.50 bits per heavy atom. The summed E-state index contributed by atoms with van der Waals surface area (Å²) in [6.07, 6.45) is 0. The van der Waals surface area contributed by atoms with Crippen molar-refractivity contribution in [2.75, 3.05) is 11.1 Å². The van der Waals surface area contributed by atoms with E-state index >= 15 is 0 Å². The molecule has 1 aliphatic rings. The molecular formula is C18H19Cl2N3O2S. The minimum atomic E-state index is -0.342. The molecule has 1 amide bonds. The van der Waals surface area contributed by atoms with Crippen molar-refractivity contribution in [3.8, 4) is 0 Å². The van der Waals surface area contributed by atoms with Crippen LogP contribution in [0.5, 0.6) is 0 Å². The average Bonchev–Trinajstić information content (AvgIpc) is 2.52. The predicted molar refractivity (Wildman–Crippen MR) is 107 cm³/mol. The maximum absolute atomic E-state index is 12.6. The van der Waals surface area contributed by atoms with Crippen molar-refractivity contribution >= 4 is 46.6 Å². The molecule has 0 fully saturated rings. The van der Waals surface area contributed by atoms with Gasteiger partial charge in [0.2, 0.25) is 5.91 Å². The molecule has 0 aliphatic carbocycles. The molecule has 5 nitrogen and oxygen atoms in total. The average molecular weight is 412 g/mol. The van der Waals surface area contributed by atoms with Gasteiger partial charge in [-0.15, -0.1) is 0 Å². The zero-order valence-corrected chi connectivity index (χ0v) is 17.0. The summed E-state index contributed by atoms with van der Waals surface area (Å²) < 4.78 is 1.57. The van der Waals surface area contributed by atoms with Gasteiger partial charge in [-0.1, -0.05) is 55.7 Å². The van der Waals surface area contributed by atoms with Gasteiger partial charge in [0.15, 0.2) is 5.16 Å². The van der Waals surface area contributed by atoms with E-state index in [0.29, 0.717) is 33.2 Å². The van der Waals surface area contributed by atoms with Gasteiger partial charge in [0.05, 0.1) is 11.6 Å². The van der Waals surface area contributed by atoms with Gasteiger partial charge in [-0.3, -0.25) is 14.2 Å². The van der Waals surface area contributed by atoms with Crippen LogP contribution in [0.2, 0.25) is 10.0 Å². The van der Waals surface area contributed by atoms with Gasteiger partial charge in [-0.2, -0.15) is 0 Å². The number of aromatic nitrogens is 2. The molecule has 1 unspecified atom stereocenters. The summed E-state index contributed by atoms with van der Waals surface area (Å²) in [6.45, 7) is 6.36. The van der Waals surface area contributed by atoms with Gasteiger partial charge < -0.3 is 5.32 Å². The van der Waals surface area contributed by atoms with E-state index in [2.05, 4.69) is 10.3 Å². The second-order valence-corrected chi connectivity index (χ2v) is 9.14. The van der Waals surface area contributed by atoms with Crippen molar-refractivity contribution in [3.63, 3.8) is 0 Å². The first-order valence-corrected chi connectivity index (χ1v) is 9.90. The molecule has 1 N–H and O–H groups in total.